The number of nitrogen functional groups attached to an aromatic ring is 3. The van der Waals surface area contributed by atoms with Gasteiger partial charge in [0.1, 0.15) is 22.4 Å². The number of halogens is 7. The van der Waals surface area contributed by atoms with Crippen LogP contribution in [-0.2, 0) is 53.5 Å². The second kappa shape index (κ2) is 30.1. The Morgan fingerprint density at radius 1 is 0.557 bits per heavy atom. The van der Waals surface area contributed by atoms with Crippen LogP contribution in [0.25, 0.3) is 22.5 Å². The number of rotatable bonds is 8. The van der Waals surface area contributed by atoms with Crippen LogP contribution >= 0.6 is 93.7 Å². The topological polar surface area (TPSA) is 323 Å². The Hall–Kier alpha value is -5.84. The fourth-order valence-corrected chi connectivity index (χ4v) is 8.86. The van der Waals surface area contributed by atoms with E-state index in [1.807, 2.05) is 0 Å². The van der Waals surface area contributed by atoms with E-state index in [1.54, 1.807) is 81.3 Å². The van der Waals surface area contributed by atoms with E-state index in [4.69, 9.17) is 97.3 Å². The molecule has 9 N–H and O–H groups in total. The first kappa shape index (κ1) is 64.0. The predicted octanol–water partition coefficient (Wildman–Crippen LogP) is 8.79. The van der Waals surface area contributed by atoms with Crippen molar-refractivity contribution >= 4 is 146 Å². The number of anilines is 3. The van der Waals surface area contributed by atoms with Crippen molar-refractivity contribution in [1.29, 1.82) is 0 Å². The maximum atomic E-state index is 12.0. The van der Waals surface area contributed by atoms with Crippen LogP contribution in [0.3, 0.4) is 0 Å². The molecule has 3 aromatic carbocycles. The van der Waals surface area contributed by atoms with Crippen molar-refractivity contribution in [3.8, 4) is 39.8 Å². The van der Waals surface area contributed by atoms with Crippen molar-refractivity contribution in [2.75, 3.05) is 51.2 Å². The highest BCUT2D eigenvalue weighted by atomic mass is 79.9. The number of nitrogens with two attached hydrogens (primary N) is 3. The predicted molar refractivity (Wildman–Crippen MR) is 313 cm³/mol. The van der Waals surface area contributed by atoms with Crippen molar-refractivity contribution in [2.45, 2.75) is 60.0 Å². The van der Waals surface area contributed by atoms with Gasteiger partial charge in [0.25, 0.3) is 0 Å². The fraction of sp³-hybridized carbons (Fsp3) is 0.298. The van der Waals surface area contributed by atoms with Gasteiger partial charge < -0.3 is 56.0 Å². The molecule has 3 amide bonds. The van der Waals surface area contributed by atoms with Crippen LogP contribution in [0.1, 0.15) is 54.5 Å². The Morgan fingerprint density at radius 3 is 1.33 bits per heavy atom. The maximum absolute atomic E-state index is 12.0. The highest BCUT2D eigenvalue weighted by Gasteiger charge is 2.33. The molecular weight excluding hydrogens is 1310 g/mol. The maximum Gasteiger partial charge on any atom is 0.493 e. The van der Waals surface area contributed by atoms with E-state index >= 15 is 0 Å². The summed E-state index contributed by atoms with van der Waals surface area (Å²) in [6.45, 7) is 8.13. The SMILES string of the molecule is BrB(Br)Br.CCOC(=O)N1Cc2nc(N)nc(-c3c(Cl)cccc3OC)c2C1.CCOC(=O)N1Cc2nc(N)nc(-c3c(O)cccc3Cl)c2C1.CCOC(=O)N1Cc2nc(N)nc(Cl)c2C1.COc1cccc(Cl)c1B(O)O. The number of amides is 3. The first-order valence-corrected chi connectivity index (χ1v) is 27.6. The smallest absolute Gasteiger partial charge is 0.493 e. The zero-order valence-corrected chi connectivity index (χ0v) is 50.5. The number of methoxy groups -OCH3 is 2. The van der Waals surface area contributed by atoms with Crippen LogP contribution < -0.4 is 32.1 Å². The number of fused-ring (bicyclic) bond motifs is 3. The van der Waals surface area contributed by atoms with E-state index in [2.05, 4.69) is 77.2 Å². The molecule has 0 aliphatic carbocycles. The number of hydrogen-bond acceptors (Lipinski definition) is 20. The first-order valence-electron chi connectivity index (χ1n) is 23.3. The van der Waals surface area contributed by atoms with Gasteiger partial charge >= 0.3 is 28.6 Å². The molecule has 0 atom stereocenters. The zero-order valence-electron chi connectivity index (χ0n) is 42.7. The molecule has 0 unspecified atom stereocenters. The third kappa shape index (κ3) is 16.9. The summed E-state index contributed by atoms with van der Waals surface area (Å²) >= 11 is 33.5. The number of phenolic OH excluding ortho intramolecular Hbond substituents is 1. The number of benzene rings is 3. The summed E-state index contributed by atoms with van der Waals surface area (Å²) in [6.07, 6.45) is -1.21. The lowest BCUT2D eigenvalue weighted by molar-refractivity contribution is 0.106. The number of aromatic nitrogens is 6. The Labute approximate surface area is 499 Å². The number of nitrogens with zero attached hydrogens (tertiary/aromatic N) is 9. The summed E-state index contributed by atoms with van der Waals surface area (Å²) in [7, 11) is 1.40. The minimum atomic E-state index is -1.60. The molecule has 0 bridgehead atoms. The van der Waals surface area contributed by atoms with E-state index in [-0.39, 0.29) is 63.1 Å². The molecule has 23 nitrogen and oxygen atoms in total. The molecule has 32 heteroatoms. The molecule has 9 rings (SSSR count). The van der Waals surface area contributed by atoms with Crippen molar-refractivity contribution in [2.24, 2.45) is 0 Å². The second-order valence-corrected chi connectivity index (χ2v) is 24.1. The highest BCUT2D eigenvalue weighted by molar-refractivity contribution is 9.69. The van der Waals surface area contributed by atoms with Crippen molar-refractivity contribution in [1.82, 2.24) is 44.6 Å². The van der Waals surface area contributed by atoms with Gasteiger partial charge in [-0.05, 0) is 57.2 Å². The number of ether oxygens (including phenoxy) is 5. The van der Waals surface area contributed by atoms with E-state index in [0.717, 1.165) is 11.1 Å². The molecule has 6 heterocycles. The summed E-state index contributed by atoms with van der Waals surface area (Å²) in [5, 5.41) is 29.4. The van der Waals surface area contributed by atoms with Crippen LogP contribution in [0.15, 0.2) is 54.6 Å². The molecule has 0 fully saturated rings. The standard InChI is InChI=1S/C16H17ClN4O3.C15H15ClN4O3.C9H11ClN4O2.C7H8BClO3.BBr3/c1-3-24-16(22)21-7-9-11(8-21)19-15(18)20-14(9)13-10(17)5-4-6-12(13)23-2;1-2-23-15(22)20-6-8-10(7-20)18-14(17)19-13(8)12-9(16)4-3-5-11(12)21;1-2-16-9(15)14-3-5-6(4-14)12-8(11)13-7(5)10;1-12-6-4-2-3-5(9)7(6)8(10)11;2-1(3)4/h4-6H,3,7-8H2,1-2H3,(H2,18,19,20);3-5,21H,2,6-7H2,1H3,(H2,17,18,19);2-4H2,1H3,(H2,11,12,13);2-4,10-11H,1H3;. The van der Waals surface area contributed by atoms with E-state index < -0.39 is 19.3 Å². The Morgan fingerprint density at radius 2 is 0.924 bits per heavy atom. The number of aromatic hydroxyl groups is 1. The lowest BCUT2D eigenvalue weighted by atomic mass is 9.79. The molecule has 420 valence electrons. The summed E-state index contributed by atoms with van der Waals surface area (Å²) in [5.74, 6) is 1.25. The van der Waals surface area contributed by atoms with Gasteiger partial charge in [-0.1, -0.05) is 64.6 Å². The molecule has 3 aromatic heterocycles. The highest BCUT2D eigenvalue weighted by Crippen LogP contribution is 2.42. The fourth-order valence-electron chi connectivity index (χ4n) is 7.82. The zero-order chi connectivity index (χ0) is 58.2. The summed E-state index contributed by atoms with van der Waals surface area (Å²) in [4.78, 5) is 64.9. The Bertz CT molecular complexity index is 3130. The van der Waals surface area contributed by atoms with Gasteiger partial charge in [0.15, 0.2) is 0 Å². The number of phenols is 1. The molecule has 0 radical (unpaired) electrons. The Kier molecular flexibility index (Phi) is 24.4. The lowest BCUT2D eigenvalue weighted by Crippen LogP contribution is -2.32. The second-order valence-electron chi connectivity index (χ2n) is 16.1. The molecule has 3 aliphatic rings. The van der Waals surface area contributed by atoms with Gasteiger partial charge in [-0.3, -0.25) is 14.7 Å². The molecule has 0 saturated heterocycles. The van der Waals surface area contributed by atoms with Gasteiger partial charge in [0.2, 0.25) is 17.8 Å². The average molecular weight is 1360 g/mol. The number of carbonyl (C=O) groups is 3. The van der Waals surface area contributed by atoms with Gasteiger partial charge in [-0.2, -0.15) is 0 Å². The first-order chi connectivity index (χ1) is 37.6. The molecule has 0 saturated carbocycles. The van der Waals surface area contributed by atoms with Crippen molar-refractivity contribution in [3.05, 3.63) is 109 Å². The lowest BCUT2D eigenvalue weighted by Gasteiger charge is -2.15. The minimum absolute atomic E-state index is 0.00705. The quantitative estimate of drug-likeness (QED) is 0.0471. The Balaban J connectivity index is 0.000000195. The summed E-state index contributed by atoms with van der Waals surface area (Å²) in [6, 6.07) is 15.0. The molecule has 79 heavy (non-hydrogen) atoms. The third-order valence-electron chi connectivity index (χ3n) is 11.1. The summed E-state index contributed by atoms with van der Waals surface area (Å²) in [5.41, 5.74) is 23.5. The monoisotopic (exact) mass is 1360 g/mol. The van der Waals surface area contributed by atoms with Gasteiger partial charge in [0, 0.05) is 27.2 Å². The van der Waals surface area contributed by atoms with Crippen LogP contribution in [0.2, 0.25) is 20.2 Å². The van der Waals surface area contributed by atoms with Crippen molar-refractivity contribution in [3.63, 3.8) is 0 Å². The largest absolute Gasteiger partial charge is 0.507 e. The number of carbonyl (C=O) groups excluding carboxylic acids is 3. The number of hydrogen-bond donors (Lipinski definition) is 6. The van der Waals surface area contributed by atoms with E-state index in [0.29, 0.717) is 111 Å². The van der Waals surface area contributed by atoms with Gasteiger partial charge in [-0.15, -0.1) is 47.3 Å². The van der Waals surface area contributed by atoms with Gasteiger partial charge in [-0.25, -0.2) is 44.3 Å². The normalized spacial score (nSPS) is 12.3. The summed E-state index contributed by atoms with van der Waals surface area (Å²) < 4.78 is 25.5. The molecule has 3 aliphatic heterocycles. The average Bonchev–Trinajstić information content (AvgIpc) is 4.16. The third-order valence-corrected chi connectivity index (χ3v) is 12.4. The molecular formula is C47H51B2Br3Cl4N12O11. The van der Waals surface area contributed by atoms with Crippen LogP contribution in [0.4, 0.5) is 32.2 Å². The molecule has 0 spiro atoms. The van der Waals surface area contributed by atoms with Crippen LogP contribution in [0, 0.1) is 0 Å². The molecule has 6 aromatic rings. The minimum Gasteiger partial charge on any atom is -0.507 e. The van der Waals surface area contributed by atoms with E-state index in [9.17, 15) is 19.5 Å². The van der Waals surface area contributed by atoms with Crippen LogP contribution in [0.5, 0.6) is 17.2 Å². The van der Waals surface area contributed by atoms with E-state index in [1.165, 1.54) is 23.0 Å². The van der Waals surface area contributed by atoms with Crippen molar-refractivity contribution < 1.29 is 53.2 Å². The van der Waals surface area contributed by atoms with Crippen LogP contribution in [-0.4, -0.2) is 122 Å². The van der Waals surface area contributed by atoms with Gasteiger partial charge in [0.05, 0.1) is 123 Å².